The van der Waals surface area contributed by atoms with Gasteiger partial charge in [-0.2, -0.15) is 13.2 Å². The zero-order valence-corrected chi connectivity index (χ0v) is 13.8. The lowest BCUT2D eigenvalue weighted by Crippen LogP contribution is -2.49. The Morgan fingerprint density at radius 1 is 1.22 bits per heavy atom. The second kappa shape index (κ2) is 8.02. The van der Waals surface area contributed by atoms with Crippen molar-refractivity contribution in [3.63, 3.8) is 0 Å². The molecule has 0 bridgehead atoms. The van der Waals surface area contributed by atoms with E-state index in [1.807, 2.05) is 0 Å². The molecular weight excluding hydrogens is 329 g/mol. The summed E-state index contributed by atoms with van der Waals surface area (Å²) in [6.45, 7) is 0.153. The average molecular weight is 351 g/mol. The van der Waals surface area contributed by atoms with Gasteiger partial charge in [0.05, 0.1) is 17.6 Å². The third-order valence-electron chi connectivity index (χ3n) is 4.17. The van der Waals surface area contributed by atoms with Gasteiger partial charge in [0.15, 0.2) is 0 Å². The Labute approximate surface area is 140 Å². The first-order valence-corrected chi connectivity index (χ1v) is 7.51. The number of carbonyl (C=O) groups excluding carboxylic acids is 1. The van der Waals surface area contributed by atoms with Crippen molar-refractivity contribution in [3.05, 3.63) is 35.4 Å². The van der Waals surface area contributed by atoms with Crippen molar-refractivity contribution >= 4 is 18.3 Å². The second-order valence-electron chi connectivity index (χ2n) is 5.80. The Morgan fingerprint density at radius 3 is 2.43 bits per heavy atom. The number of hydrogen-bond donors (Lipinski definition) is 2. The zero-order chi connectivity index (χ0) is 16.2. The molecule has 0 aliphatic heterocycles. The fourth-order valence-corrected chi connectivity index (χ4v) is 3.11. The van der Waals surface area contributed by atoms with Crippen molar-refractivity contribution in [2.45, 2.75) is 43.8 Å². The number of carbonyl (C=O) groups is 1. The zero-order valence-electron chi connectivity index (χ0n) is 13.0. The fraction of sp³-hybridized carbons (Fsp3) is 0.562. The van der Waals surface area contributed by atoms with E-state index >= 15 is 0 Å². The van der Waals surface area contributed by atoms with Gasteiger partial charge >= 0.3 is 6.18 Å². The SMILES string of the molecule is CNCC(=O)NC1(c2cccc(C(F)(F)F)c2)CCCCC1.Cl. The highest BCUT2D eigenvalue weighted by molar-refractivity contribution is 5.85. The molecular formula is C16H22ClF3N2O. The summed E-state index contributed by atoms with van der Waals surface area (Å²) in [4.78, 5) is 12.0. The van der Waals surface area contributed by atoms with Crippen LogP contribution in [0.5, 0.6) is 0 Å². The molecule has 1 aromatic carbocycles. The number of alkyl halides is 3. The lowest BCUT2D eigenvalue weighted by Gasteiger charge is -2.39. The van der Waals surface area contributed by atoms with Crippen LogP contribution in [0.4, 0.5) is 13.2 Å². The maximum atomic E-state index is 12.9. The lowest BCUT2D eigenvalue weighted by molar-refractivity contribution is -0.137. The third kappa shape index (κ3) is 4.85. The summed E-state index contributed by atoms with van der Waals surface area (Å²) < 4.78 is 38.8. The molecule has 0 aromatic heterocycles. The second-order valence-corrected chi connectivity index (χ2v) is 5.80. The van der Waals surface area contributed by atoms with E-state index in [-0.39, 0.29) is 24.9 Å². The van der Waals surface area contributed by atoms with Gasteiger partial charge in [0.25, 0.3) is 0 Å². The van der Waals surface area contributed by atoms with Crippen LogP contribution in [-0.2, 0) is 16.5 Å². The van der Waals surface area contributed by atoms with E-state index in [9.17, 15) is 18.0 Å². The van der Waals surface area contributed by atoms with E-state index in [1.165, 1.54) is 12.1 Å². The molecule has 3 nitrogen and oxygen atoms in total. The van der Waals surface area contributed by atoms with Gasteiger partial charge < -0.3 is 10.6 Å². The minimum Gasteiger partial charge on any atom is -0.345 e. The van der Waals surface area contributed by atoms with Crippen LogP contribution in [0.15, 0.2) is 24.3 Å². The number of benzene rings is 1. The molecule has 1 aliphatic carbocycles. The molecule has 1 amide bonds. The van der Waals surface area contributed by atoms with Gasteiger partial charge in [0, 0.05) is 0 Å². The third-order valence-corrected chi connectivity index (χ3v) is 4.17. The van der Waals surface area contributed by atoms with Gasteiger partial charge in [-0.1, -0.05) is 31.4 Å². The maximum absolute atomic E-state index is 12.9. The van der Waals surface area contributed by atoms with E-state index in [0.29, 0.717) is 18.4 Å². The first-order chi connectivity index (χ1) is 10.4. The number of nitrogens with one attached hydrogen (secondary N) is 2. The number of amides is 1. The molecule has 7 heteroatoms. The minimum atomic E-state index is -4.37. The monoisotopic (exact) mass is 350 g/mol. The Kier molecular flexibility index (Phi) is 6.89. The molecule has 1 saturated carbocycles. The van der Waals surface area contributed by atoms with E-state index < -0.39 is 17.3 Å². The van der Waals surface area contributed by atoms with Gasteiger partial charge in [-0.15, -0.1) is 12.4 Å². The van der Waals surface area contributed by atoms with Crippen LogP contribution >= 0.6 is 12.4 Å². The van der Waals surface area contributed by atoms with E-state index in [2.05, 4.69) is 10.6 Å². The van der Waals surface area contributed by atoms with Gasteiger partial charge in [-0.25, -0.2) is 0 Å². The molecule has 0 saturated heterocycles. The van der Waals surface area contributed by atoms with E-state index in [1.54, 1.807) is 13.1 Å². The van der Waals surface area contributed by atoms with Gasteiger partial charge in [-0.3, -0.25) is 4.79 Å². The summed E-state index contributed by atoms with van der Waals surface area (Å²) in [6, 6.07) is 5.33. The largest absolute Gasteiger partial charge is 0.416 e. The molecule has 0 atom stereocenters. The summed E-state index contributed by atoms with van der Waals surface area (Å²) in [7, 11) is 1.66. The molecule has 1 fully saturated rings. The lowest BCUT2D eigenvalue weighted by atomic mass is 9.76. The van der Waals surface area contributed by atoms with Crippen LogP contribution < -0.4 is 10.6 Å². The summed E-state index contributed by atoms with van der Waals surface area (Å²) in [5, 5.41) is 5.73. The Bertz CT molecular complexity index is 528. The number of rotatable bonds is 4. The first-order valence-electron chi connectivity index (χ1n) is 7.51. The summed E-state index contributed by atoms with van der Waals surface area (Å²) >= 11 is 0. The van der Waals surface area contributed by atoms with Gasteiger partial charge in [0.2, 0.25) is 5.91 Å². The van der Waals surface area contributed by atoms with Gasteiger partial charge in [0.1, 0.15) is 0 Å². The molecule has 1 aliphatic rings. The fourth-order valence-electron chi connectivity index (χ4n) is 3.11. The standard InChI is InChI=1S/C16H21F3N2O.ClH/c1-20-11-14(22)21-15(8-3-2-4-9-15)12-6-5-7-13(10-12)16(17,18)19;/h5-7,10,20H,2-4,8-9,11H2,1H3,(H,21,22);1H. The molecule has 0 radical (unpaired) electrons. The van der Waals surface area contributed by atoms with Crippen molar-refractivity contribution in [2.24, 2.45) is 0 Å². The Morgan fingerprint density at radius 2 is 1.87 bits per heavy atom. The van der Waals surface area contributed by atoms with Crippen LogP contribution in [-0.4, -0.2) is 19.5 Å². The molecule has 130 valence electrons. The normalized spacial score (nSPS) is 17.2. The van der Waals surface area contributed by atoms with E-state index in [0.717, 1.165) is 25.3 Å². The van der Waals surface area contributed by atoms with Crippen LogP contribution in [0.1, 0.15) is 43.2 Å². The minimum absolute atomic E-state index is 0. The summed E-state index contributed by atoms with van der Waals surface area (Å²) in [6.07, 6.45) is -0.191. The molecule has 0 unspecified atom stereocenters. The topological polar surface area (TPSA) is 41.1 Å². The number of halogens is 4. The van der Waals surface area contributed by atoms with Crippen molar-refractivity contribution in [1.82, 2.24) is 10.6 Å². The Balaban J connectivity index is 0.00000264. The van der Waals surface area contributed by atoms with Crippen molar-refractivity contribution in [2.75, 3.05) is 13.6 Å². The number of hydrogen-bond acceptors (Lipinski definition) is 2. The van der Waals surface area contributed by atoms with Crippen molar-refractivity contribution in [1.29, 1.82) is 0 Å². The van der Waals surface area contributed by atoms with Crippen LogP contribution in [0.25, 0.3) is 0 Å². The van der Waals surface area contributed by atoms with Crippen LogP contribution in [0.2, 0.25) is 0 Å². The van der Waals surface area contributed by atoms with Crippen LogP contribution in [0, 0.1) is 0 Å². The summed E-state index contributed by atoms with van der Waals surface area (Å²) in [5.41, 5.74) is -0.808. The molecule has 0 heterocycles. The summed E-state index contributed by atoms with van der Waals surface area (Å²) in [5.74, 6) is -0.193. The molecule has 2 N–H and O–H groups in total. The predicted octanol–water partition coefficient (Wildman–Crippen LogP) is 3.62. The van der Waals surface area contributed by atoms with Crippen molar-refractivity contribution in [3.8, 4) is 0 Å². The molecule has 1 aromatic rings. The average Bonchev–Trinajstić information content (AvgIpc) is 2.47. The van der Waals surface area contributed by atoms with Crippen molar-refractivity contribution < 1.29 is 18.0 Å². The quantitative estimate of drug-likeness (QED) is 0.870. The van der Waals surface area contributed by atoms with Gasteiger partial charge in [-0.05, 0) is 37.6 Å². The highest BCUT2D eigenvalue weighted by Crippen LogP contribution is 2.39. The smallest absolute Gasteiger partial charge is 0.345 e. The van der Waals surface area contributed by atoms with E-state index in [4.69, 9.17) is 0 Å². The highest BCUT2D eigenvalue weighted by Gasteiger charge is 2.37. The molecule has 23 heavy (non-hydrogen) atoms. The predicted molar refractivity (Wildman–Crippen MR) is 85.5 cm³/mol. The molecule has 0 spiro atoms. The number of likely N-dealkylation sites (N-methyl/N-ethyl adjacent to an activating group) is 1. The Hall–Kier alpha value is -1.27. The van der Waals surface area contributed by atoms with Crippen LogP contribution in [0.3, 0.4) is 0 Å². The first kappa shape index (κ1) is 19.8. The highest BCUT2D eigenvalue weighted by atomic mass is 35.5. The maximum Gasteiger partial charge on any atom is 0.416 e. The molecule has 2 rings (SSSR count).